The molecule has 0 fully saturated rings. The first-order chi connectivity index (χ1) is 12.2. The van der Waals surface area contributed by atoms with E-state index in [0.29, 0.717) is 6.42 Å². The van der Waals surface area contributed by atoms with Crippen LogP contribution in [-0.2, 0) is 13.9 Å². The summed E-state index contributed by atoms with van der Waals surface area (Å²) in [4.78, 5) is 19.8. The fraction of sp³-hybridized carbons (Fsp3) is 0.947. The van der Waals surface area contributed by atoms with Gasteiger partial charge in [0.15, 0.2) is 0 Å². The molecule has 0 aliphatic carbocycles. The number of hydrogen-bond donors (Lipinski definition) is 2. The Labute approximate surface area is 173 Å². The molecule has 152 valence electrons. The minimum absolute atomic E-state index is 0. The molecule has 2 N–H and O–H groups in total. The van der Waals surface area contributed by atoms with Crippen LogP contribution in [0.3, 0.4) is 0 Å². The van der Waals surface area contributed by atoms with Gasteiger partial charge in [-0.25, -0.2) is 0 Å². The predicted octanol–water partition coefficient (Wildman–Crippen LogP) is 5.07. The van der Waals surface area contributed by atoms with Crippen LogP contribution in [0.2, 0.25) is 0 Å². The molecule has 0 aliphatic rings. The number of nitrogens with one attached hydrogen (secondary N) is 1. The van der Waals surface area contributed by atoms with Gasteiger partial charge < -0.3 is 10.2 Å². The Bertz CT molecular complexity index is 333. The minimum atomic E-state index is -2.94. The Morgan fingerprint density at radius 2 is 1.19 bits per heavy atom. The molecule has 1 unspecified atom stereocenters. The summed E-state index contributed by atoms with van der Waals surface area (Å²) < 4.78 is 14.7. The molecule has 5 nitrogen and oxygen atoms in total. The third kappa shape index (κ3) is 24.2. The zero-order valence-electron chi connectivity index (χ0n) is 16.2. The van der Waals surface area contributed by atoms with E-state index in [0.717, 1.165) is 12.8 Å². The van der Waals surface area contributed by atoms with Crippen LogP contribution in [0.4, 0.5) is 0 Å². The summed E-state index contributed by atoms with van der Waals surface area (Å²) in [7, 11) is -2.94. The second kappa shape index (κ2) is 23.3. The van der Waals surface area contributed by atoms with Crippen molar-refractivity contribution in [1.29, 1.82) is 0 Å². The molecule has 7 heteroatoms. The second-order valence-corrected chi connectivity index (χ2v) is 7.67. The zero-order valence-corrected chi connectivity index (χ0v) is 17.2. The van der Waals surface area contributed by atoms with Crippen LogP contribution in [0.15, 0.2) is 0 Å². The van der Waals surface area contributed by atoms with Crippen LogP contribution in [0.5, 0.6) is 0 Å². The maximum atomic E-state index is 11.4. The molecule has 0 spiro atoms. The molecule has 0 bridgehead atoms. The van der Waals surface area contributed by atoms with Crippen molar-refractivity contribution in [3.8, 4) is 0 Å². The normalized spacial score (nSPS) is 11.8. The van der Waals surface area contributed by atoms with Crippen molar-refractivity contribution in [1.82, 2.24) is 5.32 Å². The van der Waals surface area contributed by atoms with E-state index in [1.807, 2.05) is 0 Å². The van der Waals surface area contributed by atoms with Gasteiger partial charge in [-0.1, -0.05) is 96.8 Å². The van der Waals surface area contributed by atoms with Crippen molar-refractivity contribution in [2.45, 2.75) is 110 Å². The van der Waals surface area contributed by atoms with Gasteiger partial charge in [0, 0.05) is 6.42 Å². The summed E-state index contributed by atoms with van der Waals surface area (Å²) >= 11 is 0. The Hall–Kier alpha value is 0.217. The Kier molecular flexibility index (Phi) is 25.4. The molecule has 26 heavy (non-hydrogen) atoms. The van der Waals surface area contributed by atoms with E-state index in [2.05, 4.69) is 16.8 Å². The first kappa shape index (κ1) is 28.4. The van der Waals surface area contributed by atoms with E-state index in [4.69, 9.17) is 4.89 Å². The van der Waals surface area contributed by atoms with Gasteiger partial charge in [-0.15, -0.1) is 0 Å². The monoisotopic (exact) mass is 385 g/mol. The summed E-state index contributed by atoms with van der Waals surface area (Å²) in [5.74, 6) is -0.113. The third-order valence-corrected chi connectivity index (χ3v) is 4.86. The summed E-state index contributed by atoms with van der Waals surface area (Å²) in [6.45, 7) is 2.09. The second-order valence-electron chi connectivity index (χ2n) is 6.85. The van der Waals surface area contributed by atoms with E-state index >= 15 is 0 Å². The van der Waals surface area contributed by atoms with E-state index in [1.165, 1.54) is 83.5 Å². The molecule has 1 atom stereocenters. The molecule has 0 aliphatic heterocycles. The molecule has 0 rings (SSSR count). The fourth-order valence-electron chi connectivity index (χ4n) is 2.92. The summed E-state index contributed by atoms with van der Waals surface area (Å²) in [5.41, 5.74) is 0. The average Bonchev–Trinajstić information content (AvgIpc) is 2.58. The van der Waals surface area contributed by atoms with Crippen molar-refractivity contribution >= 4 is 33.0 Å². The van der Waals surface area contributed by atoms with E-state index in [-0.39, 0.29) is 31.5 Å². The number of rotatable bonds is 19. The van der Waals surface area contributed by atoms with Gasteiger partial charge in [-0.05, 0) is 6.42 Å². The molecule has 0 heterocycles. The summed E-state index contributed by atoms with van der Waals surface area (Å²) in [6.07, 6.45) is 20.0. The molecule has 0 aromatic heterocycles. The van der Waals surface area contributed by atoms with Gasteiger partial charge >= 0.3 is 27.1 Å². The number of amides is 1. The Morgan fingerprint density at radius 1 is 0.808 bits per heavy atom. The molecule has 1 amide bonds. The van der Waals surface area contributed by atoms with Gasteiger partial charge in [0.1, 0.15) is 6.73 Å². The van der Waals surface area contributed by atoms with Gasteiger partial charge in [0.2, 0.25) is 5.91 Å². The Balaban J connectivity index is 0. The first-order valence-corrected chi connectivity index (χ1v) is 11.6. The van der Waals surface area contributed by atoms with Crippen molar-refractivity contribution in [2.75, 3.05) is 6.73 Å². The molecule has 0 saturated carbocycles. The molecule has 0 saturated heterocycles. The fourth-order valence-corrected chi connectivity index (χ4v) is 3.12. The molecule has 0 aromatic rings. The van der Waals surface area contributed by atoms with Crippen LogP contribution in [-0.4, -0.2) is 36.4 Å². The van der Waals surface area contributed by atoms with Gasteiger partial charge in [0.25, 0.3) is 0 Å². The van der Waals surface area contributed by atoms with Crippen LogP contribution in [0.1, 0.15) is 110 Å². The summed E-state index contributed by atoms with van der Waals surface area (Å²) in [6, 6.07) is 0. The van der Waals surface area contributed by atoms with Crippen LogP contribution >= 0.6 is 8.25 Å². The SMILES string of the molecule is CCCCCCCCCCCCCCCCCC(=O)NCO[PH](=O)O.[LiH]. The number of carbonyl (C=O) groups is 1. The topological polar surface area (TPSA) is 75.6 Å². The quantitative estimate of drug-likeness (QED) is 0.141. The van der Waals surface area contributed by atoms with Gasteiger partial charge in [-0.2, -0.15) is 0 Å². The van der Waals surface area contributed by atoms with Crippen LogP contribution in [0, 0.1) is 0 Å². The van der Waals surface area contributed by atoms with Crippen molar-refractivity contribution in [3.05, 3.63) is 0 Å². The van der Waals surface area contributed by atoms with E-state index in [9.17, 15) is 9.36 Å². The third-order valence-electron chi connectivity index (χ3n) is 4.47. The molecular weight excluding hydrogens is 344 g/mol. The molecule has 0 radical (unpaired) electrons. The first-order valence-electron chi connectivity index (χ1n) is 10.3. The van der Waals surface area contributed by atoms with Crippen LogP contribution in [0.25, 0.3) is 0 Å². The molecular formula is C19H41LiNO4P. The zero-order chi connectivity index (χ0) is 18.6. The molecule has 0 aromatic carbocycles. The van der Waals surface area contributed by atoms with E-state index in [1.54, 1.807) is 0 Å². The van der Waals surface area contributed by atoms with Crippen molar-refractivity contribution in [3.63, 3.8) is 0 Å². The average molecular weight is 385 g/mol. The van der Waals surface area contributed by atoms with Gasteiger partial charge in [0.05, 0.1) is 0 Å². The number of hydrogen-bond acceptors (Lipinski definition) is 3. The predicted molar refractivity (Wildman–Crippen MR) is 112 cm³/mol. The maximum absolute atomic E-state index is 11.4. The summed E-state index contributed by atoms with van der Waals surface area (Å²) in [5, 5.41) is 2.47. The van der Waals surface area contributed by atoms with Crippen molar-refractivity contribution in [2.24, 2.45) is 0 Å². The van der Waals surface area contributed by atoms with Gasteiger partial charge in [-0.3, -0.25) is 13.9 Å². The van der Waals surface area contributed by atoms with Crippen molar-refractivity contribution < 1.29 is 18.8 Å². The van der Waals surface area contributed by atoms with Crippen LogP contribution < -0.4 is 5.32 Å². The standard InChI is InChI=1S/C19H40NO4P.Li.H/c1-2-3-4-5-6-7-8-9-10-11-12-13-14-15-16-17-19(21)20-18-24-25(22)23;;/h25H,2-18H2,1H3,(H,20,21)(H,22,23);;. The van der Waals surface area contributed by atoms with E-state index < -0.39 is 8.25 Å². The Morgan fingerprint density at radius 3 is 1.58 bits per heavy atom. The number of carbonyl (C=O) groups excluding carboxylic acids is 1. The number of unbranched alkanes of at least 4 members (excludes halogenated alkanes) is 14.